The number of aliphatic hydroxyl groups is 1. The average Bonchev–Trinajstić information content (AvgIpc) is 2.93. The fourth-order valence-electron chi connectivity index (χ4n) is 2.13. The Labute approximate surface area is 116 Å². The average molecular weight is 281 g/mol. The van der Waals surface area contributed by atoms with Gasteiger partial charge in [0.1, 0.15) is 11.9 Å². The van der Waals surface area contributed by atoms with Crippen LogP contribution in [0.2, 0.25) is 0 Å². The van der Waals surface area contributed by atoms with Crippen molar-refractivity contribution >= 4 is 11.8 Å². The van der Waals surface area contributed by atoms with Gasteiger partial charge < -0.3 is 15.7 Å². The Balaban J connectivity index is 2.23. The summed E-state index contributed by atoms with van der Waals surface area (Å²) in [5, 5.41) is 16.2. The van der Waals surface area contributed by atoms with Crippen molar-refractivity contribution in [3.8, 4) is 0 Å². The van der Waals surface area contributed by atoms with Crippen molar-refractivity contribution in [1.82, 2.24) is 20.1 Å². The molecule has 1 aromatic heterocycles. The molecular formula is C12H19N5O3. The van der Waals surface area contributed by atoms with Gasteiger partial charge >= 0.3 is 0 Å². The molecule has 8 heteroatoms. The number of carbonyl (C=O) groups is 2. The third kappa shape index (κ3) is 2.64. The fraction of sp³-hybridized carbons (Fsp3) is 0.667. The minimum Gasteiger partial charge on any atom is -0.391 e. The van der Waals surface area contributed by atoms with Gasteiger partial charge in [-0.15, -0.1) is 5.10 Å². The highest BCUT2D eigenvalue weighted by Crippen LogP contribution is 2.21. The van der Waals surface area contributed by atoms with Gasteiger partial charge in [0.05, 0.1) is 6.10 Å². The number of carbonyl (C=O) groups excluding carboxylic acids is 2. The van der Waals surface area contributed by atoms with E-state index in [1.807, 2.05) is 20.8 Å². The molecule has 8 nitrogen and oxygen atoms in total. The Hall–Kier alpha value is -1.96. The molecule has 0 saturated carbocycles. The van der Waals surface area contributed by atoms with E-state index >= 15 is 0 Å². The number of primary amides is 1. The van der Waals surface area contributed by atoms with Crippen molar-refractivity contribution < 1.29 is 14.7 Å². The third-order valence-electron chi connectivity index (χ3n) is 3.26. The number of nitrogens with two attached hydrogens (primary N) is 1. The van der Waals surface area contributed by atoms with Crippen LogP contribution in [-0.4, -0.2) is 55.7 Å². The number of nitrogens with one attached hydrogen (secondary N) is 1. The van der Waals surface area contributed by atoms with Crippen LogP contribution >= 0.6 is 0 Å². The van der Waals surface area contributed by atoms with Gasteiger partial charge in [0.15, 0.2) is 0 Å². The van der Waals surface area contributed by atoms with Crippen LogP contribution in [0.3, 0.4) is 0 Å². The summed E-state index contributed by atoms with van der Waals surface area (Å²) in [6.07, 6.45) is -0.602. The number of likely N-dealkylation sites (tertiary alicyclic amines) is 1. The SMILES string of the molecule is CC(C)(C)c1nc(C(=O)N2CC(O)CC2C(N)=O)n[nH]1. The van der Waals surface area contributed by atoms with Gasteiger partial charge in [-0.3, -0.25) is 14.7 Å². The summed E-state index contributed by atoms with van der Waals surface area (Å²) in [7, 11) is 0. The first-order valence-electron chi connectivity index (χ1n) is 6.41. The van der Waals surface area contributed by atoms with Crippen LogP contribution in [0.25, 0.3) is 0 Å². The van der Waals surface area contributed by atoms with Gasteiger partial charge in [-0.1, -0.05) is 20.8 Å². The minimum absolute atomic E-state index is 0.0183. The second-order valence-electron chi connectivity index (χ2n) is 6.02. The van der Waals surface area contributed by atoms with Crippen LogP contribution < -0.4 is 5.73 Å². The maximum absolute atomic E-state index is 12.3. The Kier molecular flexibility index (Phi) is 3.51. The maximum Gasteiger partial charge on any atom is 0.294 e. The quantitative estimate of drug-likeness (QED) is 0.652. The normalized spacial score (nSPS) is 23.1. The standard InChI is InChI=1S/C12H19N5O3/c1-12(2,3)11-14-9(15-16-11)10(20)17-5-6(18)4-7(17)8(13)19/h6-7,18H,4-5H2,1-3H3,(H2,13,19)(H,14,15,16). The molecule has 0 bridgehead atoms. The van der Waals surface area contributed by atoms with Crippen LogP contribution in [-0.2, 0) is 10.2 Å². The molecule has 0 aliphatic carbocycles. The number of nitrogens with zero attached hydrogens (tertiary/aromatic N) is 3. The monoisotopic (exact) mass is 281 g/mol. The molecule has 0 radical (unpaired) electrons. The number of aromatic amines is 1. The summed E-state index contributed by atoms with van der Waals surface area (Å²) in [5.74, 6) is -0.579. The van der Waals surface area contributed by atoms with E-state index in [1.54, 1.807) is 0 Å². The van der Waals surface area contributed by atoms with E-state index in [0.717, 1.165) is 0 Å². The van der Waals surface area contributed by atoms with Gasteiger partial charge in [-0.05, 0) is 0 Å². The molecule has 1 fully saturated rings. The molecule has 2 heterocycles. The molecule has 1 aliphatic rings. The molecule has 0 aromatic carbocycles. The van der Waals surface area contributed by atoms with Crippen molar-refractivity contribution in [2.45, 2.75) is 44.8 Å². The number of β-amino-alcohol motifs (C(OH)–C–C–N with tert-alkyl or cyclic N) is 1. The number of H-pyrrole nitrogens is 1. The van der Waals surface area contributed by atoms with E-state index in [9.17, 15) is 14.7 Å². The second kappa shape index (κ2) is 4.86. The number of amides is 2. The van der Waals surface area contributed by atoms with Crippen molar-refractivity contribution in [3.05, 3.63) is 11.6 Å². The predicted molar refractivity (Wildman–Crippen MR) is 69.7 cm³/mol. The predicted octanol–water partition coefficient (Wildman–Crippen LogP) is -0.837. The zero-order chi connectivity index (χ0) is 15.1. The molecule has 2 amide bonds. The summed E-state index contributed by atoms with van der Waals surface area (Å²) < 4.78 is 0. The first-order valence-corrected chi connectivity index (χ1v) is 6.41. The van der Waals surface area contributed by atoms with E-state index in [0.29, 0.717) is 5.82 Å². The molecule has 2 unspecified atom stereocenters. The molecule has 0 spiro atoms. The zero-order valence-electron chi connectivity index (χ0n) is 11.8. The van der Waals surface area contributed by atoms with Gasteiger partial charge in [-0.25, -0.2) is 4.98 Å². The lowest BCUT2D eigenvalue weighted by molar-refractivity contribution is -0.121. The van der Waals surface area contributed by atoms with Gasteiger partial charge in [0, 0.05) is 18.4 Å². The Morgan fingerprint density at radius 2 is 2.10 bits per heavy atom. The molecule has 20 heavy (non-hydrogen) atoms. The first kappa shape index (κ1) is 14.4. The van der Waals surface area contributed by atoms with Crippen LogP contribution in [0.5, 0.6) is 0 Å². The highest BCUT2D eigenvalue weighted by Gasteiger charge is 2.39. The molecule has 2 rings (SSSR count). The highest BCUT2D eigenvalue weighted by atomic mass is 16.3. The highest BCUT2D eigenvalue weighted by molar-refractivity contribution is 5.95. The summed E-state index contributed by atoms with van der Waals surface area (Å²) in [5.41, 5.74) is 4.98. The fourth-order valence-corrected chi connectivity index (χ4v) is 2.13. The van der Waals surface area contributed by atoms with E-state index in [4.69, 9.17) is 5.73 Å². The second-order valence-corrected chi connectivity index (χ2v) is 6.02. The van der Waals surface area contributed by atoms with E-state index in [2.05, 4.69) is 15.2 Å². The molecule has 1 aromatic rings. The Morgan fingerprint density at radius 3 is 2.60 bits per heavy atom. The van der Waals surface area contributed by atoms with E-state index < -0.39 is 24.0 Å². The number of hydrogen-bond acceptors (Lipinski definition) is 5. The lowest BCUT2D eigenvalue weighted by Gasteiger charge is -2.20. The number of hydrogen-bond donors (Lipinski definition) is 3. The lowest BCUT2D eigenvalue weighted by Crippen LogP contribution is -2.44. The van der Waals surface area contributed by atoms with Crippen molar-refractivity contribution in [2.75, 3.05) is 6.54 Å². The van der Waals surface area contributed by atoms with Crippen LogP contribution in [0.15, 0.2) is 0 Å². The first-order chi connectivity index (χ1) is 9.20. The Morgan fingerprint density at radius 1 is 1.45 bits per heavy atom. The smallest absolute Gasteiger partial charge is 0.294 e. The number of aromatic nitrogens is 3. The van der Waals surface area contributed by atoms with E-state index in [1.165, 1.54) is 4.90 Å². The molecule has 4 N–H and O–H groups in total. The largest absolute Gasteiger partial charge is 0.391 e. The van der Waals surface area contributed by atoms with Gasteiger partial charge in [0.2, 0.25) is 11.7 Å². The lowest BCUT2D eigenvalue weighted by atomic mass is 9.96. The number of aliphatic hydroxyl groups excluding tert-OH is 1. The minimum atomic E-state index is -0.811. The van der Waals surface area contributed by atoms with Crippen molar-refractivity contribution in [3.63, 3.8) is 0 Å². The van der Waals surface area contributed by atoms with Crippen molar-refractivity contribution in [2.24, 2.45) is 5.73 Å². The van der Waals surface area contributed by atoms with E-state index in [-0.39, 0.29) is 24.2 Å². The molecule has 1 saturated heterocycles. The molecule has 2 atom stereocenters. The molecular weight excluding hydrogens is 262 g/mol. The summed E-state index contributed by atoms with van der Waals surface area (Å²) >= 11 is 0. The molecule has 1 aliphatic heterocycles. The number of rotatable bonds is 2. The van der Waals surface area contributed by atoms with Crippen LogP contribution in [0, 0.1) is 0 Å². The topological polar surface area (TPSA) is 125 Å². The van der Waals surface area contributed by atoms with Gasteiger partial charge in [-0.2, -0.15) is 0 Å². The third-order valence-corrected chi connectivity index (χ3v) is 3.26. The molecule has 110 valence electrons. The summed E-state index contributed by atoms with van der Waals surface area (Å²) in [4.78, 5) is 29.0. The Bertz CT molecular complexity index is 533. The van der Waals surface area contributed by atoms with Crippen LogP contribution in [0.4, 0.5) is 0 Å². The zero-order valence-corrected chi connectivity index (χ0v) is 11.8. The van der Waals surface area contributed by atoms with Crippen LogP contribution in [0.1, 0.15) is 43.6 Å². The van der Waals surface area contributed by atoms with Gasteiger partial charge in [0.25, 0.3) is 5.91 Å². The maximum atomic E-state index is 12.3. The van der Waals surface area contributed by atoms with Crippen molar-refractivity contribution in [1.29, 1.82) is 0 Å². The summed E-state index contributed by atoms with van der Waals surface area (Å²) in [6.45, 7) is 5.88. The summed E-state index contributed by atoms with van der Waals surface area (Å²) in [6, 6.07) is -0.811.